The molecule has 0 aliphatic heterocycles. The van der Waals surface area contributed by atoms with Crippen LogP contribution in [0, 0.1) is 0 Å². The molecule has 3 nitrogen and oxygen atoms in total. The summed E-state index contributed by atoms with van der Waals surface area (Å²) in [6.45, 7) is 0.497. The van der Waals surface area contributed by atoms with Crippen molar-refractivity contribution in [3.8, 4) is 11.1 Å². The van der Waals surface area contributed by atoms with Crippen LogP contribution in [0.4, 0.5) is 0 Å². The van der Waals surface area contributed by atoms with E-state index in [0.29, 0.717) is 27.7 Å². The maximum Gasteiger partial charge on any atom is 0.365 e. The number of hydrogen-bond acceptors (Lipinski definition) is 2. The average Bonchev–Trinajstić information content (AvgIpc) is 2.84. The lowest BCUT2D eigenvalue weighted by molar-refractivity contribution is 0.267. The smallest absolute Gasteiger partial charge is 0.335 e. The second-order valence-corrected chi connectivity index (χ2v) is 5.43. The van der Waals surface area contributed by atoms with Gasteiger partial charge in [-0.3, -0.25) is 0 Å². The number of nitrogens with zero attached hydrogens (tertiary/aromatic N) is 1. The second-order valence-electron chi connectivity index (χ2n) is 4.61. The van der Waals surface area contributed by atoms with Crippen molar-refractivity contribution < 1.29 is 4.52 Å². The summed E-state index contributed by atoms with van der Waals surface area (Å²) in [5.41, 5.74) is 1.80. The molecule has 0 atom stereocenters. The highest BCUT2D eigenvalue weighted by Gasteiger charge is 2.11. The van der Waals surface area contributed by atoms with Crippen LogP contribution in [0.15, 0.2) is 64.0 Å². The molecule has 106 valence electrons. The Balaban J connectivity index is 1.94. The maximum atomic E-state index is 12.0. The highest BCUT2D eigenvalue weighted by molar-refractivity contribution is 6.42. The van der Waals surface area contributed by atoms with Gasteiger partial charge in [-0.15, -0.1) is 0 Å². The van der Waals surface area contributed by atoms with Crippen molar-refractivity contribution >= 4 is 23.2 Å². The zero-order valence-corrected chi connectivity index (χ0v) is 12.4. The lowest BCUT2D eigenvalue weighted by Gasteiger charge is -2.00. The van der Waals surface area contributed by atoms with E-state index in [9.17, 15) is 4.79 Å². The Morgan fingerprint density at radius 1 is 1.00 bits per heavy atom. The standard InChI is InChI=1S/C16H11Cl2NO2/c17-14-7-6-12(8-15(14)18)13-10-19(21-16(13)20)9-11-4-2-1-3-5-11/h1-8,10H,9H2. The van der Waals surface area contributed by atoms with Gasteiger partial charge in [0.15, 0.2) is 0 Å². The van der Waals surface area contributed by atoms with Gasteiger partial charge in [0.2, 0.25) is 0 Å². The summed E-state index contributed by atoms with van der Waals surface area (Å²) in [6.07, 6.45) is 1.68. The molecule has 1 heterocycles. The van der Waals surface area contributed by atoms with Crippen LogP contribution in [0.25, 0.3) is 11.1 Å². The molecule has 0 bridgehead atoms. The molecular weight excluding hydrogens is 309 g/mol. The molecular formula is C16H11Cl2NO2. The zero-order chi connectivity index (χ0) is 14.8. The lowest BCUT2D eigenvalue weighted by Crippen LogP contribution is -1.99. The zero-order valence-electron chi connectivity index (χ0n) is 10.9. The van der Waals surface area contributed by atoms with Gasteiger partial charge >= 0.3 is 5.63 Å². The van der Waals surface area contributed by atoms with Crippen molar-refractivity contribution in [2.45, 2.75) is 6.54 Å². The van der Waals surface area contributed by atoms with Crippen LogP contribution in [-0.2, 0) is 6.54 Å². The molecule has 0 saturated carbocycles. The quantitative estimate of drug-likeness (QED) is 0.714. The Bertz CT molecular complexity index is 822. The summed E-state index contributed by atoms with van der Waals surface area (Å²) in [5, 5.41) is 0.859. The van der Waals surface area contributed by atoms with Crippen molar-refractivity contribution in [2.24, 2.45) is 0 Å². The van der Waals surface area contributed by atoms with Crippen molar-refractivity contribution in [1.29, 1.82) is 0 Å². The molecule has 0 fully saturated rings. The van der Waals surface area contributed by atoms with Crippen LogP contribution in [0.1, 0.15) is 5.56 Å². The third kappa shape index (κ3) is 3.04. The molecule has 1 aromatic heterocycles. The minimum Gasteiger partial charge on any atom is -0.335 e. The predicted octanol–water partition coefficient (Wildman–Crippen LogP) is 4.46. The SMILES string of the molecule is O=c1on(Cc2ccccc2)cc1-c1ccc(Cl)c(Cl)c1. The van der Waals surface area contributed by atoms with Gasteiger partial charge < -0.3 is 4.52 Å². The predicted molar refractivity (Wildman–Crippen MR) is 84.0 cm³/mol. The number of aromatic nitrogens is 1. The third-order valence-electron chi connectivity index (χ3n) is 3.11. The van der Waals surface area contributed by atoms with Gasteiger partial charge in [-0.2, -0.15) is 0 Å². The van der Waals surface area contributed by atoms with Crippen molar-refractivity contribution in [1.82, 2.24) is 4.74 Å². The number of benzene rings is 2. The monoisotopic (exact) mass is 319 g/mol. The third-order valence-corrected chi connectivity index (χ3v) is 3.84. The molecule has 0 radical (unpaired) electrons. The van der Waals surface area contributed by atoms with E-state index in [1.54, 1.807) is 24.4 Å². The molecule has 5 heteroatoms. The second kappa shape index (κ2) is 5.80. The maximum absolute atomic E-state index is 12.0. The van der Waals surface area contributed by atoms with Crippen molar-refractivity contribution in [3.05, 3.63) is 80.8 Å². The van der Waals surface area contributed by atoms with Crippen LogP contribution in [0.2, 0.25) is 10.0 Å². The molecule has 0 saturated heterocycles. The topological polar surface area (TPSA) is 35.1 Å². The minimum absolute atomic E-state index is 0.399. The lowest BCUT2D eigenvalue weighted by atomic mass is 10.1. The molecule has 2 aromatic carbocycles. The number of hydrogen-bond donors (Lipinski definition) is 0. The molecule has 21 heavy (non-hydrogen) atoms. The largest absolute Gasteiger partial charge is 0.365 e. The summed E-state index contributed by atoms with van der Waals surface area (Å²) in [6, 6.07) is 14.8. The summed E-state index contributed by atoms with van der Waals surface area (Å²) >= 11 is 11.9. The highest BCUT2D eigenvalue weighted by atomic mass is 35.5. The summed E-state index contributed by atoms with van der Waals surface area (Å²) in [5.74, 6) is 0. The van der Waals surface area contributed by atoms with Crippen LogP contribution in [-0.4, -0.2) is 4.74 Å². The Morgan fingerprint density at radius 3 is 2.48 bits per heavy atom. The first-order valence-electron chi connectivity index (χ1n) is 6.33. The van der Waals surface area contributed by atoms with E-state index in [-0.39, 0.29) is 0 Å². The first-order chi connectivity index (χ1) is 10.1. The van der Waals surface area contributed by atoms with Crippen LogP contribution < -0.4 is 5.63 Å². The molecule has 3 aromatic rings. The summed E-state index contributed by atoms with van der Waals surface area (Å²) in [4.78, 5) is 12.0. The molecule has 0 aliphatic carbocycles. The van der Waals surface area contributed by atoms with E-state index in [1.807, 2.05) is 30.3 Å². The Kier molecular flexibility index (Phi) is 3.86. The molecule has 0 amide bonds. The molecule has 0 N–H and O–H groups in total. The van der Waals surface area contributed by atoms with Crippen LogP contribution in [0.3, 0.4) is 0 Å². The van der Waals surface area contributed by atoms with E-state index in [1.165, 1.54) is 4.74 Å². The molecule has 3 rings (SSSR count). The normalized spacial score (nSPS) is 10.8. The van der Waals surface area contributed by atoms with E-state index < -0.39 is 5.63 Å². The number of rotatable bonds is 3. The molecule has 0 unspecified atom stereocenters. The Morgan fingerprint density at radius 2 is 1.76 bits per heavy atom. The molecule has 0 aliphatic rings. The summed E-state index contributed by atoms with van der Waals surface area (Å²) in [7, 11) is 0. The minimum atomic E-state index is -0.399. The number of halogens is 2. The molecule has 0 spiro atoms. The van der Waals surface area contributed by atoms with E-state index >= 15 is 0 Å². The fraction of sp³-hybridized carbons (Fsp3) is 0.0625. The van der Waals surface area contributed by atoms with E-state index in [4.69, 9.17) is 27.7 Å². The Hall–Kier alpha value is -1.97. The van der Waals surface area contributed by atoms with Gasteiger partial charge in [-0.05, 0) is 23.3 Å². The summed E-state index contributed by atoms with van der Waals surface area (Å²) < 4.78 is 6.74. The van der Waals surface area contributed by atoms with Gasteiger partial charge in [0.1, 0.15) is 0 Å². The first-order valence-corrected chi connectivity index (χ1v) is 7.09. The van der Waals surface area contributed by atoms with Gasteiger partial charge in [0.05, 0.1) is 28.4 Å². The van der Waals surface area contributed by atoms with Gasteiger partial charge in [0.25, 0.3) is 0 Å². The fourth-order valence-corrected chi connectivity index (χ4v) is 2.37. The van der Waals surface area contributed by atoms with E-state index in [2.05, 4.69) is 0 Å². The van der Waals surface area contributed by atoms with Gasteiger partial charge in [-0.25, -0.2) is 9.53 Å². The average molecular weight is 320 g/mol. The highest BCUT2D eigenvalue weighted by Crippen LogP contribution is 2.27. The van der Waals surface area contributed by atoms with E-state index in [0.717, 1.165) is 5.56 Å². The van der Waals surface area contributed by atoms with Crippen LogP contribution in [0.5, 0.6) is 0 Å². The van der Waals surface area contributed by atoms with Crippen LogP contribution >= 0.6 is 23.2 Å². The van der Waals surface area contributed by atoms with Crippen molar-refractivity contribution in [2.75, 3.05) is 0 Å². The van der Waals surface area contributed by atoms with Crippen molar-refractivity contribution in [3.63, 3.8) is 0 Å². The fourth-order valence-electron chi connectivity index (χ4n) is 2.08. The van der Waals surface area contributed by atoms with Gasteiger partial charge in [0, 0.05) is 0 Å². The Labute approximate surface area is 131 Å². The van der Waals surface area contributed by atoms with Gasteiger partial charge in [-0.1, -0.05) is 59.6 Å². The first kappa shape index (κ1) is 14.0.